The number of halogens is 1. The Morgan fingerprint density at radius 3 is 2.38 bits per heavy atom. The molecule has 1 aliphatic rings. The Morgan fingerprint density at radius 2 is 1.92 bits per heavy atom. The van der Waals surface area contributed by atoms with Gasteiger partial charge in [-0.05, 0) is 31.4 Å². The van der Waals surface area contributed by atoms with E-state index < -0.39 is 0 Å². The van der Waals surface area contributed by atoms with Gasteiger partial charge in [0, 0.05) is 38.2 Å². The first-order chi connectivity index (χ1) is 10.9. The first kappa shape index (κ1) is 24.3. The van der Waals surface area contributed by atoms with E-state index in [0.717, 1.165) is 51.6 Å². The highest BCUT2D eigenvalue weighted by Gasteiger charge is 2.31. The van der Waals surface area contributed by atoms with Crippen molar-refractivity contribution in [2.75, 3.05) is 46.2 Å². The quantitative estimate of drug-likeness (QED) is 0.338. The number of thioether (sulfide) groups is 1. The van der Waals surface area contributed by atoms with Crippen LogP contribution in [0.25, 0.3) is 0 Å². The SMILES string of the molecule is CCNC(=NCC1(SC)CCOCC1)NCC(OC)C(C)(C)C.I. The van der Waals surface area contributed by atoms with Gasteiger partial charge in [-0.15, -0.1) is 24.0 Å². The summed E-state index contributed by atoms with van der Waals surface area (Å²) in [6, 6.07) is 0. The molecule has 1 unspecified atom stereocenters. The van der Waals surface area contributed by atoms with Gasteiger partial charge in [0.1, 0.15) is 0 Å². The molecule has 0 radical (unpaired) electrons. The van der Waals surface area contributed by atoms with Gasteiger partial charge in [-0.1, -0.05) is 20.8 Å². The molecule has 0 bridgehead atoms. The molecule has 0 aromatic heterocycles. The monoisotopic (exact) mass is 473 g/mol. The predicted octanol–water partition coefficient (Wildman–Crippen LogP) is 3.13. The van der Waals surface area contributed by atoms with Gasteiger partial charge in [-0.25, -0.2) is 0 Å². The summed E-state index contributed by atoms with van der Waals surface area (Å²) >= 11 is 1.92. The van der Waals surface area contributed by atoms with Crippen molar-refractivity contribution in [2.45, 2.75) is 51.4 Å². The van der Waals surface area contributed by atoms with Crippen LogP contribution >= 0.6 is 35.7 Å². The Kier molecular flexibility index (Phi) is 11.9. The number of hydrogen-bond donors (Lipinski definition) is 2. The summed E-state index contributed by atoms with van der Waals surface area (Å²) < 4.78 is 11.3. The van der Waals surface area contributed by atoms with Crippen LogP contribution in [-0.2, 0) is 9.47 Å². The number of hydrogen-bond acceptors (Lipinski definition) is 4. The number of nitrogens with one attached hydrogen (secondary N) is 2. The Hall–Kier alpha value is 0.270. The lowest BCUT2D eigenvalue weighted by atomic mass is 9.89. The minimum absolute atomic E-state index is 0. The van der Waals surface area contributed by atoms with Gasteiger partial charge in [0.2, 0.25) is 0 Å². The van der Waals surface area contributed by atoms with Crippen LogP contribution in [0.3, 0.4) is 0 Å². The van der Waals surface area contributed by atoms with Gasteiger partial charge in [0.25, 0.3) is 0 Å². The van der Waals surface area contributed by atoms with E-state index in [9.17, 15) is 0 Å². The van der Waals surface area contributed by atoms with E-state index in [0.29, 0.717) is 0 Å². The van der Waals surface area contributed by atoms with Crippen molar-refractivity contribution >= 4 is 41.7 Å². The van der Waals surface area contributed by atoms with Crippen molar-refractivity contribution in [1.29, 1.82) is 0 Å². The summed E-state index contributed by atoms with van der Waals surface area (Å²) in [4.78, 5) is 4.83. The molecular formula is C17H36IN3O2S. The molecule has 1 heterocycles. The van der Waals surface area contributed by atoms with Gasteiger partial charge in [0.15, 0.2) is 5.96 Å². The molecule has 0 aliphatic carbocycles. The van der Waals surface area contributed by atoms with Crippen LogP contribution < -0.4 is 10.6 Å². The zero-order valence-corrected chi connectivity index (χ0v) is 19.3. The van der Waals surface area contributed by atoms with E-state index in [1.807, 2.05) is 11.8 Å². The zero-order valence-electron chi connectivity index (χ0n) is 16.1. The maximum absolute atomic E-state index is 5.61. The Bertz CT molecular complexity index is 369. The molecule has 0 spiro atoms. The molecule has 1 fully saturated rings. The lowest BCUT2D eigenvalue weighted by Gasteiger charge is -2.34. The van der Waals surface area contributed by atoms with Gasteiger partial charge in [-0.3, -0.25) is 4.99 Å². The second kappa shape index (κ2) is 11.8. The van der Waals surface area contributed by atoms with Crippen molar-refractivity contribution in [3.05, 3.63) is 0 Å². The molecule has 0 aromatic carbocycles. The first-order valence-corrected chi connectivity index (χ1v) is 9.77. The number of rotatable bonds is 7. The summed E-state index contributed by atoms with van der Waals surface area (Å²) in [7, 11) is 1.77. The standard InChI is InChI=1S/C17H35N3O2S.HI/c1-7-18-15(19-12-14(21-5)16(2,3)4)20-13-17(23-6)8-10-22-11-9-17;/h14H,7-13H2,1-6H3,(H2,18,19,20);1H. The number of methoxy groups -OCH3 is 1. The molecular weight excluding hydrogens is 437 g/mol. The highest BCUT2D eigenvalue weighted by molar-refractivity contribution is 14.0. The molecule has 7 heteroatoms. The molecule has 24 heavy (non-hydrogen) atoms. The van der Waals surface area contributed by atoms with Crippen molar-refractivity contribution < 1.29 is 9.47 Å². The van der Waals surface area contributed by atoms with E-state index in [1.165, 1.54) is 0 Å². The van der Waals surface area contributed by atoms with Crippen LogP contribution in [0.1, 0.15) is 40.5 Å². The second-order valence-corrected chi connectivity index (χ2v) is 8.44. The minimum atomic E-state index is 0. The molecule has 0 aromatic rings. The van der Waals surface area contributed by atoms with Gasteiger partial charge >= 0.3 is 0 Å². The zero-order chi connectivity index (χ0) is 17.3. The summed E-state index contributed by atoms with van der Waals surface area (Å²) in [5.74, 6) is 0.874. The first-order valence-electron chi connectivity index (χ1n) is 8.55. The third-order valence-corrected chi connectivity index (χ3v) is 5.82. The fraction of sp³-hybridized carbons (Fsp3) is 0.941. The highest BCUT2D eigenvalue weighted by Crippen LogP contribution is 2.34. The summed E-state index contributed by atoms with van der Waals surface area (Å²) in [6.45, 7) is 12.8. The second-order valence-electron chi connectivity index (χ2n) is 7.17. The van der Waals surface area contributed by atoms with E-state index >= 15 is 0 Å². The van der Waals surface area contributed by atoms with Gasteiger partial charge in [0.05, 0.1) is 12.6 Å². The number of guanidine groups is 1. The summed E-state index contributed by atoms with van der Waals surface area (Å²) in [5.41, 5.74) is 0.0975. The van der Waals surface area contributed by atoms with Crippen molar-refractivity contribution in [3.8, 4) is 0 Å². The summed E-state index contributed by atoms with van der Waals surface area (Å²) in [5, 5.41) is 6.77. The molecule has 144 valence electrons. The van der Waals surface area contributed by atoms with E-state index in [1.54, 1.807) is 7.11 Å². The Labute approximate surface area is 169 Å². The fourth-order valence-electron chi connectivity index (χ4n) is 2.67. The molecule has 2 N–H and O–H groups in total. The molecule has 0 amide bonds. The molecule has 5 nitrogen and oxygen atoms in total. The van der Waals surface area contributed by atoms with Crippen molar-refractivity contribution in [3.63, 3.8) is 0 Å². The maximum atomic E-state index is 5.61. The normalized spacial score (nSPS) is 19.3. The topological polar surface area (TPSA) is 54.9 Å². The van der Waals surface area contributed by atoms with E-state index in [-0.39, 0.29) is 40.2 Å². The number of nitrogens with zero attached hydrogens (tertiary/aromatic N) is 1. The van der Waals surface area contributed by atoms with Gasteiger partial charge in [-0.2, -0.15) is 11.8 Å². The van der Waals surface area contributed by atoms with Crippen LogP contribution in [0, 0.1) is 5.41 Å². The Morgan fingerprint density at radius 1 is 1.29 bits per heavy atom. The minimum Gasteiger partial charge on any atom is -0.381 e. The van der Waals surface area contributed by atoms with E-state index in [4.69, 9.17) is 14.5 Å². The van der Waals surface area contributed by atoms with Crippen LogP contribution in [0.4, 0.5) is 0 Å². The third kappa shape index (κ3) is 8.10. The van der Waals surface area contributed by atoms with Crippen molar-refractivity contribution in [2.24, 2.45) is 10.4 Å². The van der Waals surface area contributed by atoms with Crippen LogP contribution in [0.5, 0.6) is 0 Å². The molecule has 1 aliphatic heterocycles. The molecule has 1 atom stereocenters. The highest BCUT2D eigenvalue weighted by atomic mass is 127. The number of aliphatic imine (C=N–C) groups is 1. The fourth-order valence-corrected chi connectivity index (χ4v) is 3.44. The van der Waals surface area contributed by atoms with Crippen LogP contribution in [0.15, 0.2) is 4.99 Å². The lowest BCUT2D eigenvalue weighted by molar-refractivity contribution is 0.0205. The molecule has 1 rings (SSSR count). The predicted molar refractivity (Wildman–Crippen MR) is 116 cm³/mol. The average molecular weight is 473 g/mol. The average Bonchev–Trinajstić information content (AvgIpc) is 2.52. The van der Waals surface area contributed by atoms with Crippen LogP contribution in [-0.4, -0.2) is 63.0 Å². The van der Waals surface area contributed by atoms with Gasteiger partial charge < -0.3 is 20.1 Å². The molecule has 0 saturated carbocycles. The Balaban J connectivity index is 0.00000529. The van der Waals surface area contributed by atoms with E-state index in [2.05, 4.69) is 44.6 Å². The maximum Gasteiger partial charge on any atom is 0.191 e. The van der Waals surface area contributed by atoms with Crippen molar-refractivity contribution in [1.82, 2.24) is 10.6 Å². The third-order valence-electron chi connectivity index (χ3n) is 4.41. The molecule has 1 saturated heterocycles. The van der Waals surface area contributed by atoms with Crippen LogP contribution in [0.2, 0.25) is 0 Å². The lowest BCUT2D eigenvalue weighted by Crippen LogP contribution is -2.46. The summed E-state index contributed by atoms with van der Waals surface area (Å²) in [6.07, 6.45) is 4.46. The number of ether oxygens (including phenoxy) is 2. The smallest absolute Gasteiger partial charge is 0.191 e. The largest absolute Gasteiger partial charge is 0.381 e.